The number of carbonyl (C=O) groups excluding carboxylic acids is 1. The average Bonchev–Trinajstić information content (AvgIpc) is 3.09. The van der Waals surface area contributed by atoms with Crippen LogP contribution in [0.5, 0.6) is 0 Å². The first-order valence-corrected chi connectivity index (χ1v) is 9.44. The number of nitrogens with two attached hydrogens (primary N) is 1. The molecule has 1 aliphatic carbocycles. The lowest BCUT2D eigenvalue weighted by Gasteiger charge is -2.19. The molecule has 7 heteroatoms. The maximum absolute atomic E-state index is 12.5. The largest absolute Gasteiger partial charge is 0.383 e. The number of aliphatic imine (C=N–C) groups is 1. The minimum atomic E-state index is -0.328. The minimum Gasteiger partial charge on any atom is -0.383 e. The highest BCUT2D eigenvalue weighted by atomic mass is 16.2. The highest BCUT2D eigenvalue weighted by Gasteiger charge is 2.51. The Morgan fingerprint density at radius 3 is 2.79 bits per heavy atom. The summed E-state index contributed by atoms with van der Waals surface area (Å²) in [5.74, 6) is 0.631. The maximum atomic E-state index is 12.5. The Balaban J connectivity index is 1.56. The number of fused-ring (bicyclic) bond motifs is 3. The first-order chi connectivity index (χ1) is 13.5. The molecule has 0 unspecified atom stereocenters. The molecule has 2 aliphatic rings. The molecule has 7 nitrogen and oxygen atoms in total. The first-order valence-electron chi connectivity index (χ1n) is 9.44. The molecule has 0 bridgehead atoms. The molecule has 28 heavy (non-hydrogen) atoms. The van der Waals surface area contributed by atoms with Gasteiger partial charge in [-0.15, -0.1) is 0 Å². The van der Waals surface area contributed by atoms with Gasteiger partial charge in [0.15, 0.2) is 0 Å². The fraction of sp³-hybridized carbons (Fsp3) is 0.333. The van der Waals surface area contributed by atoms with E-state index in [0.717, 1.165) is 40.2 Å². The molecule has 0 spiro atoms. The molecular weight excluding hydrogens is 352 g/mol. The first kappa shape index (κ1) is 16.9. The molecule has 1 fully saturated rings. The lowest BCUT2D eigenvalue weighted by molar-refractivity contribution is -0.135. The molecule has 142 valence electrons. The number of nitrogens with zero attached hydrogens (tertiary/aromatic N) is 5. The van der Waals surface area contributed by atoms with Crippen LogP contribution >= 0.6 is 0 Å². The number of pyridine rings is 1. The number of carbonyl (C=O) groups is 1. The van der Waals surface area contributed by atoms with Crippen molar-refractivity contribution in [3.8, 4) is 0 Å². The van der Waals surface area contributed by atoms with E-state index in [1.165, 1.54) is 5.57 Å². The van der Waals surface area contributed by atoms with Gasteiger partial charge in [-0.25, -0.2) is 4.98 Å². The van der Waals surface area contributed by atoms with Crippen molar-refractivity contribution in [2.24, 2.45) is 10.4 Å². The number of rotatable bonds is 4. The van der Waals surface area contributed by atoms with E-state index < -0.39 is 0 Å². The normalized spacial score (nSPS) is 17.3. The van der Waals surface area contributed by atoms with Crippen LogP contribution in [0.1, 0.15) is 18.4 Å². The van der Waals surface area contributed by atoms with Crippen molar-refractivity contribution in [2.45, 2.75) is 19.4 Å². The number of benzene rings is 1. The van der Waals surface area contributed by atoms with Gasteiger partial charge in [0.2, 0.25) is 5.91 Å². The van der Waals surface area contributed by atoms with E-state index in [1.807, 2.05) is 35.3 Å². The summed E-state index contributed by atoms with van der Waals surface area (Å²) in [5, 5.41) is 6.58. The standard InChI is InChI=1S/C21H22N6O/c1-26(2)20(28)21(6-7-21)12-27-11-16-18(25-27)15-4-3-13(14-5-8-23-10-14)9-17(15)24-19(16)22/h3-5,8-9,11H,6-7,10,12H2,1-2H3,(H2,22,24). The quantitative estimate of drug-likeness (QED) is 0.760. The number of aromatic nitrogens is 3. The van der Waals surface area contributed by atoms with Crippen LogP contribution in [0.25, 0.3) is 27.4 Å². The lowest BCUT2D eigenvalue weighted by atomic mass is 10.0. The summed E-state index contributed by atoms with van der Waals surface area (Å²) in [6.45, 7) is 1.27. The lowest BCUT2D eigenvalue weighted by Crippen LogP contribution is -2.33. The van der Waals surface area contributed by atoms with Gasteiger partial charge in [0.25, 0.3) is 0 Å². The number of hydrogen-bond donors (Lipinski definition) is 1. The Morgan fingerprint density at radius 2 is 2.11 bits per heavy atom. The molecular formula is C21H22N6O. The Morgan fingerprint density at radius 1 is 1.29 bits per heavy atom. The van der Waals surface area contributed by atoms with Gasteiger partial charge >= 0.3 is 0 Å². The minimum absolute atomic E-state index is 0.166. The third kappa shape index (κ3) is 2.58. The van der Waals surface area contributed by atoms with Gasteiger partial charge < -0.3 is 10.6 Å². The van der Waals surface area contributed by atoms with E-state index in [9.17, 15) is 4.79 Å². The van der Waals surface area contributed by atoms with Crippen molar-refractivity contribution in [3.63, 3.8) is 0 Å². The van der Waals surface area contributed by atoms with Gasteiger partial charge in [0.1, 0.15) is 11.3 Å². The van der Waals surface area contributed by atoms with Crippen molar-refractivity contribution in [3.05, 3.63) is 36.0 Å². The Hall–Kier alpha value is -3.22. The number of nitrogen functional groups attached to an aromatic ring is 1. The Labute approximate surface area is 162 Å². The number of allylic oxidation sites excluding steroid dienone is 1. The zero-order chi connectivity index (χ0) is 19.5. The zero-order valence-corrected chi connectivity index (χ0v) is 16.0. The van der Waals surface area contributed by atoms with Crippen molar-refractivity contribution in [1.29, 1.82) is 0 Å². The van der Waals surface area contributed by atoms with E-state index >= 15 is 0 Å². The molecule has 0 atom stereocenters. The molecule has 5 rings (SSSR count). The third-order valence-corrected chi connectivity index (χ3v) is 5.72. The topological polar surface area (TPSA) is 89.4 Å². The molecule has 0 saturated heterocycles. The van der Waals surface area contributed by atoms with E-state index in [4.69, 9.17) is 10.8 Å². The predicted molar refractivity (Wildman–Crippen MR) is 111 cm³/mol. The van der Waals surface area contributed by atoms with Crippen LogP contribution in [-0.2, 0) is 11.3 Å². The van der Waals surface area contributed by atoms with Crippen molar-refractivity contribution in [1.82, 2.24) is 19.7 Å². The number of anilines is 1. The highest BCUT2D eigenvalue weighted by molar-refractivity contribution is 6.08. The molecule has 1 aromatic carbocycles. The predicted octanol–water partition coefficient (Wildman–Crippen LogP) is 2.50. The number of hydrogen-bond acceptors (Lipinski definition) is 5. The fourth-order valence-corrected chi connectivity index (χ4v) is 4.01. The van der Waals surface area contributed by atoms with Gasteiger partial charge in [-0.3, -0.25) is 14.5 Å². The van der Waals surface area contributed by atoms with Crippen LogP contribution < -0.4 is 5.73 Å². The second-order valence-electron chi connectivity index (χ2n) is 7.98. The molecule has 2 N–H and O–H groups in total. The summed E-state index contributed by atoms with van der Waals surface area (Å²) in [6.07, 6.45) is 7.56. The van der Waals surface area contributed by atoms with Crippen molar-refractivity contribution in [2.75, 3.05) is 26.4 Å². The van der Waals surface area contributed by atoms with Crippen LogP contribution in [-0.4, -0.2) is 52.4 Å². The molecule has 3 aromatic rings. The van der Waals surface area contributed by atoms with Crippen molar-refractivity contribution < 1.29 is 4.79 Å². The molecule has 1 aliphatic heterocycles. The summed E-state index contributed by atoms with van der Waals surface area (Å²) >= 11 is 0. The van der Waals surface area contributed by atoms with Crippen LogP contribution in [0, 0.1) is 5.41 Å². The van der Waals surface area contributed by atoms with Crippen LogP contribution in [0.4, 0.5) is 5.82 Å². The Kier molecular flexibility index (Phi) is 3.56. The molecule has 0 radical (unpaired) electrons. The van der Waals surface area contributed by atoms with Gasteiger partial charge in [-0.05, 0) is 42.2 Å². The summed E-state index contributed by atoms with van der Waals surface area (Å²) in [5.41, 5.74) is 9.85. The molecule has 2 aromatic heterocycles. The smallest absolute Gasteiger partial charge is 0.230 e. The van der Waals surface area contributed by atoms with Crippen molar-refractivity contribution >= 4 is 45.3 Å². The number of amides is 1. The summed E-state index contributed by atoms with van der Waals surface area (Å²) in [4.78, 5) is 23.0. The van der Waals surface area contributed by atoms with Crippen LogP contribution in [0.2, 0.25) is 0 Å². The van der Waals surface area contributed by atoms with Gasteiger partial charge in [-0.1, -0.05) is 6.07 Å². The molecule has 3 heterocycles. The summed E-state index contributed by atoms with van der Waals surface area (Å²) in [7, 11) is 3.61. The maximum Gasteiger partial charge on any atom is 0.230 e. The molecule has 1 amide bonds. The average molecular weight is 374 g/mol. The summed E-state index contributed by atoms with van der Waals surface area (Å²) in [6, 6.07) is 6.17. The van der Waals surface area contributed by atoms with E-state index in [2.05, 4.69) is 16.0 Å². The van der Waals surface area contributed by atoms with Gasteiger partial charge in [0, 0.05) is 31.9 Å². The van der Waals surface area contributed by atoms with E-state index in [1.54, 1.807) is 19.0 Å². The SMILES string of the molecule is CN(C)C(=O)C1(Cn2cc3c(N)nc4cc(C5=CC=NC5)ccc4c3n2)CC1. The molecule has 1 saturated carbocycles. The second-order valence-corrected chi connectivity index (χ2v) is 7.98. The van der Waals surface area contributed by atoms with Crippen LogP contribution in [0.15, 0.2) is 35.5 Å². The second kappa shape index (κ2) is 5.89. The van der Waals surface area contributed by atoms with Gasteiger partial charge in [0.05, 0.1) is 29.4 Å². The fourth-order valence-electron chi connectivity index (χ4n) is 4.01. The van der Waals surface area contributed by atoms with E-state index in [0.29, 0.717) is 18.9 Å². The zero-order valence-electron chi connectivity index (χ0n) is 16.0. The highest BCUT2D eigenvalue weighted by Crippen LogP contribution is 2.48. The summed E-state index contributed by atoms with van der Waals surface area (Å²) < 4.78 is 1.86. The van der Waals surface area contributed by atoms with E-state index in [-0.39, 0.29) is 11.3 Å². The monoisotopic (exact) mass is 374 g/mol. The van der Waals surface area contributed by atoms with Gasteiger partial charge in [-0.2, -0.15) is 5.10 Å². The third-order valence-electron chi connectivity index (χ3n) is 5.72. The van der Waals surface area contributed by atoms with Crippen LogP contribution in [0.3, 0.4) is 0 Å². The Bertz CT molecular complexity index is 1180.